The fraction of sp³-hybridized carbons (Fsp3) is 0.133. The van der Waals surface area contributed by atoms with Crippen LogP contribution in [0.2, 0.25) is 0 Å². The highest BCUT2D eigenvalue weighted by Gasteiger charge is 2.26. The van der Waals surface area contributed by atoms with Crippen molar-refractivity contribution in [1.82, 2.24) is 0 Å². The lowest BCUT2D eigenvalue weighted by atomic mass is 10.1. The fourth-order valence-electron chi connectivity index (χ4n) is 2.02. The molecule has 1 aliphatic rings. The molecule has 0 saturated carbocycles. The Morgan fingerprint density at radius 2 is 1.95 bits per heavy atom. The number of hydrogen-bond donors (Lipinski definition) is 1. The van der Waals surface area contributed by atoms with Crippen LogP contribution in [0.1, 0.15) is 11.1 Å². The largest absolute Gasteiger partial charge is 0.504 e. The van der Waals surface area contributed by atoms with Gasteiger partial charge in [0.2, 0.25) is 5.75 Å². The molecule has 0 aliphatic carbocycles. The first-order valence-electron chi connectivity index (χ1n) is 5.96. The van der Waals surface area contributed by atoms with Crippen molar-refractivity contribution in [2.45, 2.75) is 13.0 Å². The summed E-state index contributed by atoms with van der Waals surface area (Å²) >= 11 is 0. The highest BCUT2D eigenvalue weighted by atomic mass is 16.6. The van der Waals surface area contributed by atoms with E-state index in [9.17, 15) is 9.90 Å². The fourth-order valence-corrected chi connectivity index (χ4v) is 2.02. The Kier molecular flexibility index (Phi) is 2.83. The number of hydrogen-bond acceptors (Lipinski definition) is 4. The zero-order chi connectivity index (χ0) is 13.2. The average Bonchev–Trinajstić information content (AvgIpc) is 2.79. The summed E-state index contributed by atoms with van der Waals surface area (Å²) in [5, 5.41) is 9.82. The third kappa shape index (κ3) is 2.25. The van der Waals surface area contributed by atoms with Gasteiger partial charge in [0.1, 0.15) is 6.61 Å². The van der Waals surface area contributed by atoms with Crippen molar-refractivity contribution >= 4 is 5.97 Å². The Bertz CT molecular complexity index is 620. The van der Waals surface area contributed by atoms with E-state index < -0.39 is 0 Å². The molecule has 0 atom stereocenters. The maximum absolute atomic E-state index is 11.3. The summed E-state index contributed by atoms with van der Waals surface area (Å²) in [5.74, 6) is 0.211. The third-order valence-electron chi connectivity index (χ3n) is 2.95. The predicted molar refractivity (Wildman–Crippen MR) is 68.2 cm³/mol. The van der Waals surface area contributed by atoms with Gasteiger partial charge >= 0.3 is 5.97 Å². The molecule has 0 saturated heterocycles. The zero-order valence-electron chi connectivity index (χ0n) is 10.1. The van der Waals surface area contributed by atoms with Gasteiger partial charge in [-0.25, -0.2) is 0 Å². The van der Waals surface area contributed by atoms with Crippen LogP contribution in [0, 0.1) is 0 Å². The number of rotatable bonds is 3. The Morgan fingerprint density at radius 3 is 2.74 bits per heavy atom. The summed E-state index contributed by atoms with van der Waals surface area (Å²) in [6.45, 7) is 0.308. The molecular weight excluding hydrogens is 244 g/mol. The van der Waals surface area contributed by atoms with E-state index in [0.717, 1.165) is 11.1 Å². The van der Waals surface area contributed by atoms with Gasteiger partial charge in [0.25, 0.3) is 0 Å². The lowest BCUT2D eigenvalue weighted by Crippen LogP contribution is -2.02. The number of benzene rings is 2. The van der Waals surface area contributed by atoms with Gasteiger partial charge in [-0.1, -0.05) is 36.4 Å². The van der Waals surface area contributed by atoms with Crippen LogP contribution in [0.25, 0.3) is 0 Å². The molecule has 3 rings (SSSR count). The van der Waals surface area contributed by atoms with E-state index in [2.05, 4.69) is 0 Å². The molecule has 2 aromatic rings. The van der Waals surface area contributed by atoms with Crippen LogP contribution in [0.4, 0.5) is 0 Å². The Morgan fingerprint density at radius 1 is 1.16 bits per heavy atom. The zero-order valence-corrected chi connectivity index (χ0v) is 10.1. The molecule has 2 aromatic carbocycles. The summed E-state index contributed by atoms with van der Waals surface area (Å²) in [5.41, 5.74) is 1.72. The molecule has 0 unspecified atom stereocenters. The third-order valence-corrected chi connectivity index (χ3v) is 2.95. The van der Waals surface area contributed by atoms with Gasteiger partial charge in [0.15, 0.2) is 11.5 Å². The van der Waals surface area contributed by atoms with Crippen molar-refractivity contribution in [2.75, 3.05) is 0 Å². The minimum atomic E-state index is -0.329. The molecule has 0 amide bonds. The average molecular weight is 256 g/mol. The highest BCUT2D eigenvalue weighted by Crippen LogP contribution is 2.42. The van der Waals surface area contributed by atoms with Crippen LogP contribution in [0.5, 0.6) is 17.2 Å². The normalized spacial score (nSPS) is 12.9. The number of phenolic OH excluding ortho intramolecular Hbond substituents is 1. The first-order valence-corrected chi connectivity index (χ1v) is 5.96. The number of esters is 1. The Labute approximate surface area is 110 Å². The quantitative estimate of drug-likeness (QED) is 0.677. The van der Waals surface area contributed by atoms with Crippen molar-refractivity contribution in [1.29, 1.82) is 0 Å². The summed E-state index contributed by atoms with van der Waals surface area (Å²) < 4.78 is 10.7. The standard InChI is InChI=1S/C15H12O4/c16-12-7-6-11-8-13(17)19-14(11)15(12)18-9-10-4-2-1-3-5-10/h1-7,16H,8-9H2. The maximum atomic E-state index is 11.3. The van der Waals surface area contributed by atoms with Crippen LogP contribution >= 0.6 is 0 Å². The second-order valence-corrected chi connectivity index (χ2v) is 4.33. The van der Waals surface area contributed by atoms with E-state index in [0.29, 0.717) is 12.4 Å². The Balaban J connectivity index is 1.86. The molecule has 96 valence electrons. The van der Waals surface area contributed by atoms with E-state index in [1.165, 1.54) is 6.07 Å². The molecule has 0 bridgehead atoms. The number of carbonyl (C=O) groups excluding carboxylic acids is 1. The van der Waals surface area contributed by atoms with E-state index in [1.54, 1.807) is 6.07 Å². The molecule has 19 heavy (non-hydrogen) atoms. The van der Waals surface area contributed by atoms with E-state index in [1.807, 2.05) is 30.3 Å². The molecule has 1 N–H and O–H groups in total. The minimum Gasteiger partial charge on any atom is -0.504 e. The SMILES string of the molecule is O=C1Cc2ccc(O)c(OCc3ccccc3)c2O1. The van der Waals surface area contributed by atoms with Crippen molar-refractivity contribution in [3.8, 4) is 17.2 Å². The summed E-state index contributed by atoms with van der Waals surface area (Å²) in [4.78, 5) is 11.3. The van der Waals surface area contributed by atoms with Crippen molar-refractivity contribution < 1.29 is 19.4 Å². The first-order chi connectivity index (χ1) is 9.24. The molecule has 1 aliphatic heterocycles. The van der Waals surface area contributed by atoms with Crippen molar-refractivity contribution in [3.05, 3.63) is 53.6 Å². The lowest BCUT2D eigenvalue weighted by Gasteiger charge is -2.11. The molecule has 1 heterocycles. The summed E-state index contributed by atoms with van der Waals surface area (Å²) in [6.07, 6.45) is 0.220. The number of ether oxygens (including phenoxy) is 2. The predicted octanol–water partition coefficient (Wildman–Crippen LogP) is 2.43. The van der Waals surface area contributed by atoms with Crippen LogP contribution < -0.4 is 9.47 Å². The smallest absolute Gasteiger partial charge is 0.315 e. The number of aromatic hydroxyl groups is 1. The number of carbonyl (C=O) groups is 1. The molecule has 4 heteroatoms. The monoisotopic (exact) mass is 256 g/mol. The first kappa shape index (κ1) is 11.6. The topological polar surface area (TPSA) is 55.8 Å². The molecule has 0 radical (unpaired) electrons. The minimum absolute atomic E-state index is 0.0237. The van der Waals surface area contributed by atoms with Gasteiger partial charge in [0, 0.05) is 5.56 Å². The van der Waals surface area contributed by atoms with Crippen LogP contribution in [-0.4, -0.2) is 11.1 Å². The second-order valence-electron chi connectivity index (χ2n) is 4.33. The highest BCUT2D eigenvalue weighted by molar-refractivity contribution is 5.83. The lowest BCUT2D eigenvalue weighted by molar-refractivity contribution is -0.131. The molecule has 0 spiro atoms. The molecular formula is C15H12O4. The van der Waals surface area contributed by atoms with Gasteiger partial charge in [-0.3, -0.25) is 4.79 Å². The van der Waals surface area contributed by atoms with Crippen LogP contribution in [-0.2, 0) is 17.8 Å². The van der Waals surface area contributed by atoms with E-state index >= 15 is 0 Å². The summed E-state index contributed by atoms with van der Waals surface area (Å²) in [6, 6.07) is 12.8. The van der Waals surface area contributed by atoms with Gasteiger partial charge in [0.05, 0.1) is 6.42 Å². The Hall–Kier alpha value is -2.49. The van der Waals surface area contributed by atoms with E-state index in [-0.39, 0.29) is 23.9 Å². The molecule has 4 nitrogen and oxygen atoms in total. The second kappa shape index (κ2) is 4.65. The van der Waals surface area contributed by atoms with Gasteiger partial charge in [-0.05, 0) is 11.6 Å². The molecule has 0 aromatic heterocycles. The molecule has 0 fully saturated rings. The number of fused-ring (bicyclic) bond motifs is 1. The van der Waals surface area contributed by atoms with Gasteiger partial charge in [-0.15, -0.1) is 0 Å². The van der Waals surface area contributed by atoms with Crippen molar-refractivity contribution in [3.63, 3.8) is 0 Å². The summed E-state index contributed by atoms with van der Waals surface area (Å²) in [7, 11) is 0. The van der Waals surface area contributed by atoms with Crippen LogP contribution in [0.15, 0.2) is 42.5 Å². The number of phenols is 1. The van der Waals surface area contributed by atoms with Gasteiger partial charge < -0.3 is 14.6 Å². The van der Waals surface area contributed by atoms with Gasteiger partial charge in [-0.2, -0.15) is 0 Å². The van der Waals surface area contributed by atoms with Crippen LogP contribution in [0.3, 0.4) is 0 Å². The maximum Gasteiger partial charge on any atom is 0.315 e. The van der Waals surface area contributed by atoms with E-state index in [4.69, 9.17) is 9.47 Å². The van der Waals surface area contributed by atoms with Crippen molar-refractivity contribution in [2.24, 2.45) is 0 Å².